The van der Waals surface area contributed by atoms with Crippen LogP contribution in [0.4, 0.5) is 5.82 Å². The highest BCUT2D eigenvalue weighted by atomic mass is 16.5. The molecule has 0 aromatic carbocycles. The number of hydrogen-bond donors (Lipinski definition) is 2. The Morgan fingerprint density at radius 2 is 2.05 bits per heavy atom. The highest BCUT2D eigenvalue weighted by molar-refractivity contribution is 5.75. The predicted molar refractivity (Wildman–Crippen MR) is 72.3 cm³/mol. The second-order valence-electron chi connectivity index (χ2n) is 4.32. The molecule has 0 radical (unpaired) electrons. The molecule has 6 heteroatoms. The second kappa shape index (κ2) is 6.92. The molecule has 1 aromatic heterocycles. The van der Waals surface area contributed by atoms with Crippen LogP contribution in [0.15, 0.2) is 12.4 Å². The Hall–Kier alpha value is -1.85. The van der Waals surface area contributed by atoms with Crippen molar-refractivity contribution in [1.82, 2.24) is 9.97 Å². The average Bonchev–Trinajstić information content (AvgIpc) is 2.41. The topological polar surface area (TPSA) is 84.3 Å². The normalized spacial score (nSPS) is 11.1. The van der Waals surface area contributed by atoms with Crippen LogP contribution in [0.1, 0.15) is 33.6 Å². The molecule has 106 valence electrons. The van der Waals surface area contributed by atoms with Gasteiger partial charge in [0.2, 0.25) is 5.88 Å². The summed E-state index contributed by atoms with van der Waals surface area (Å²) in [5.74, 6) is 0.166. The highest BCUT2D eigenvalue weighted by Crippen LogP contribution is 2.27. The first kappa shape index (κ1) is 15.2. The van der Waals surface area contributed by atoms with Crippen molar-refractivity contribution in [3.05, 3.63) is 12.4 Å². The maximum Gasteiger partial charge on any atom is 0.311 e. The summed E-state index contributed by atoms with van der Waals surface area (Å²) in [5.41, 5.74) is -0.775. The molecule has 0 amide bonds. The first-order valence-corrected chi connectivity index (χ1v) is 6.50. The maximum atomic E-state index is 11.4. The molecule has 2 N–H and O–H groups in total. The SMILES string of the molecule is CCOc1cncc(NCC(CC)(CC)C(=O)O)n1. The van der Waals surface area contributed by atoms with Gasteiger partial charge in [-0.1, -0.05) is 13.8 Å². The third kappa shape index (κ3) is 3.81. The number of nitrogens with one attached hydrogen (secondary N) is 1. The third-order valence-electron chi connectivity index (χ3n) is 3.32. The summed E-state index contributed by atoms with van der Waals surface area (Å²) in [5, 5.41) is 12.4. The molecule has 6 nitrogen and oxygen atoms in total. The van der Waals surface area contributed by atoms with E-state index in [1.165, 1.54) is 6.20 Å². The number of aromatic nitrogens is 2. The van der Waals surface area contributed by atoms with Crippen molar-refractivity contribution in [3.8, 4) is 5.88 Å². The molecule has 0 unspecified atom stereocenters. The van der Waals surface area contributed by atoms with Gasteiger partial charge < -0.3 is 15.2 Å². The van der Waals surface area contributed by atoms with E-state index in [1.807, 2.05) is 20.8 Å². The van der Waals surface area contributed by atoms with Crippen LogP contribution in [0, 0.1) is 5.41 Å². The number of hydrogen-bond acceptors (Lipinski definition) is 5. The zero-order chi connectivity index (χ0) is 14.3. The quantitative estimate of drug-likeness (QED) is 0.751. The van der Waals surface area contributed by atoms with Gasteiger partial charge in [-0.3, -0.25) is 9.78 Å². The molecule has 0 aliphatic carbocycles. The molecule has 1 aromatic rings. The van der Waals surface area contributed by atoms with Gasteiger partial charge in [-0.15, -0.1) is 0 Å². The number of carbonyl (C=O) groups is 1. The molecule has 0 atom stereocenters. The molecule has 0 aliphatic rings. The molecular weight excluding hydrogens is 246 g/mol. The summed E-state index contributed by atoms with van der Waals surface area (Å²) < 4.78 is 5.25. The zero-order valence-corrected chi connectivity index (χ0v) is 11.6. The maximum absolute atomic E-state index is 11.4. The predicted octanol–water partition coefficient (Wildman–Crippen LogP) is 2.18. The molecular formula is C13H21N3O3. The van der Waals surface area contributed by atoms with Gasteiger partial charge in [0.05, 0.1) is 24.4 Å². The number of anilines is 1. The van der Waals surface area contributed by atoms with Gasteiger partial charge >= 0.3 is 5.97 Å². The number of rotatable bonds is 8. The number of carboxylic acids is 1. The summed E-state index contributed by atoms with van der Waals surface area (Å²) in [4.78, 5) is 19.6. The summed E-state index contributed by atoms with van der Waals surface area (Å²) in [6.07, 6.45) is 4.20. The Morgan fingerprint density at radius 3 is 2.58 bits per heavy atom. The van der Waals surface area contributed by atoms with Crippen molar-refractivity contribution in [2.24, 2.45) is 5.41 Å². The van der Waals surface area contributed by atoms with E-state index in [1.54, 1.807) is 6.20 Å². The van der Waals surface area contributed by atoms with E-state index in [4.69, 9.17) is 4.74 Å². The monoisotopic (exact) mass is 267 g/mol. The minimum atomic E-state index is -0.793. The first-order chi connectivity index (χ1) is 9.07. The van der Waals surface area contributed by atoms with E-state index < -0.39 is 11.4 Å². The Morgan fingerprint density at radius 1 is 1.37 bits per heavy atom. The largest absolute Gasteiger partial charge is 0.481 e. The molecule has 1 rings (SSSR count). The summed E-state index contributed by atoms with van der Waals surface area (Å²) >= 11 is 0. The molecule has 19 heavy (non-hydrogen) atoms. The number of aliphatic carboxylic acids is 1. The van der Waals surface area contributed by atoms with Crippen LogP contribution in [-0.4, -0.2) is 34.2 Å². The fraction of sp³-hybridized carbons (Fsp3) is 0.615. The molecule has 1 heterocycles. The Kier molecular flexibility index (Phi) is 5.54. The van der Waals surface area contributed by atoms with Gasteiger partial charge in [0.1, 0.15) is 5.82 Å². The molecule has 0 saturated carbocycles. The zero-order valence-electron chi connectivity index (χ0n) is 11.6. The van der Waals surface area contributed by atoms with Crippen molar-refractivity contribution in [2.75, 3.05) is 18.5 Å². The van der Waals surface area contributed by atoms with Gasteiger partial charge in [-0.05, 0) is 19.8 Å². The number of ether oxygens (including phenoxy) is 1. The van der Waals surface area contributed by atoms with Gasteiger partial charge in [-0.25, -0.2) is 0 Å². The van der Waals surface area contributed by atoms with Gasteiger partial charge in [0.15, 0.2) is 0 Å². The van der Waals surface area contributed by atoms with Gasteiger partial charge in [-0.2, -0.15) is 4.98 Å². The van der Waals surface area contributed by atoms with Crippen LogP contribution in [0.2, 0.25) is 0 Å². The Labute approximate surface area is 113 Å². The van der Waals surface area contributed by atoms with E-state index in [0.717, 1.165) is 0 Å². The van der Waals surface area contributed by atoms with E-state index in [9.17, 15) is 9.90 Å². The van der Waals surface area contributed by atoms with Crippen LogP contribution < -0.4 is 10.1 Å². The van der Waals surface area contributed by atoms with Crippen molar-refractivity contribution in [3.63, 3.8) is 0 Å². The molecule has 0 aliphatic heterocycles. The summed E-state index contributed by atoms with van der Waals surface area (Å²) in [6, 6.07) is 0. The van der Waals surface area contributed by atoms with Crippen LogP contribution >= 0.6 is 0 Å². The van der Waals surface area contributed by atoms with Crippen LogP contribution in [0.25, 0.3) is 0 Å². The van der Waals surface area contributed by atoms with Crippen LogP contribution in [-0.2, 0) is 4.79 Å². The molecule has 0 spiro atoms. The average molecular weight is 267 g/mol. The molecule has 0 fully saturated rings. The second-order valence-corrected chi connectivity index (χ2v) is 4.32. The van der Waals surface area contributed by atoms with Crippen molar-refractivity contribution >= 4 is 11.8 Å². The lowest BCUT2D eigenvalue weighted by Gasteiger charge is -2.27. The number of nitrogens with zero attached hydrogens (tertiary/aromatic N) is 2. The van der Waals surface area contributed by atoms with E-state index in [-0.39, 0.29) is 0 Å². The standard InChI is InChI=1S/C13H21N3O3/c1-4-13(5-2,12(17)18)9-15-10-7-14-8-11(16-10)19-6-3/h7-8H,4-6,9H2,1-3H3,(H,15,16)(H,17,18). The smallest absolute Gasteiger partial charge is 0.311 e. The first-order valence-electron chi connectivity index (χ1n) is 6.50. The third-order valence-corrected chi connectivity index (χ3v) is 3.32. The van der Waals surface area contributed by atoms with Gasteiger partial charge in [0.25, 0.3) is 0 Å². The van der Waals surface area contributed by atoms with Crippen molar-refractivity contribution in [2.45, 2.75) is 33.6 Å². The highest BCUT2D eigenvalue weighted by Gasteiger charge is 2.34. The minimum Gasteiger partial charge on any atom is -0.481 e. The van der Waals surface area contributed by atoms with Crippen molar-refractivity contribution in [1.29, 1.82) is 0 Å². The van der Waals surface area contributed by atoms with E-state index in [0.29, 0.717) is 37.7 Å². The van der Waals surface area contributed by atoms with Crippen molar-refractivity contribution < 1.29 is 14.6 Å². The number of carboxylic acid groups (broad SMARTS) is 1. The fourth-order valence-electron chi connectivity index (χ4n) is 1.79. The molecule has 0 saturated heterocycles. The van der Waals surface area contributed by atoms with Gasteiger partial charge in [0, 0.05) is 6.54 Å². The summed E-state index contributed by atoms with van der Waals surface area (Å²) in [6.45, 7) is 6.45. The fourth-order valence-corrected chi connectivity index (χ4v) is 1.79. The van der Waals surface area contributed by atoms with E-state index >= 15 is 0 Å². The summed E-state index contributed by atoms with van der Waals surface area (Å²) in [7, 11) is 0. The lowest BCUT2D eigenvalue weighted by atomic mass is 9.82. The minimum absolute atomic E-state index is 0.319. The van der Waals surface area contributed by atoms with Crippen LogP contribution in [0.5, 0.6) is 5.88 Å². The van der Waals surface area contributed by atoms with Crippen LogP contribution in [0.3, 0.4) is 0 Å². The lowest BCUT2D eigenvalue weighted by molar-refractivity contribution is -0.148. The lowest BCUT2D eigenvalue weighted by Crippen LogP contribution is -2.37. The Bertz CT molecular complexity index is 419. The van der Waals surface area contributed by atoms with E-state index in [2.05, 4.69) is 15.3 Å². The Balaban J connectivity index is 2.74. The molecule has 0 bridgehead atoms.